The Morgan fingerprint density at radius 2 is 1.80 bits per heavy atom. The summed E-state index contributed by atoms with van der Waals surface area (Å²) in [5.41, 5.74) is 13.5. The van der Waals surface area contributed by atoms with Crippen molar-refractivity contribution in [3.63, 3.8) is 0 Å². The van der Waals surface area contributed by atoms with Crippen molar-refractivity contribution in [2.24, 2.45) is 5.73 Å². The summed E-state index contributed by atoms with van der Waals surface area (Å²) in [6.45, 7) is 1.92. The highest BCUT2D eigenvalue weighted by atomic mass is 79.9. The van der Waals surface area contributed by atoms with E-state index in [2.05, 4.69) is 26.9 Å². The first-order chi connectivity index (χ1) is 12.0. The molecule has 2 rings (SSSR count). The van der Waals surface area contributed by atoms with Gasteiger partial charge in [0.2, 0.25) is 0 Å². The molecule has 0 amide bonds. The van der Waals surface area contributed by atoms with Gasteiger partial charge in [0.1, 0.15) is 5.75 Å². The van der Waals surface area contributed by atoms with Crippen molar-refractivity contribution in [1.29, 1.82) is 0 Å². The fourth-order valence-electron chi connectivity index (χ4n) is 2.03. The van der Waals surface area contributed by atoms with Crippen molar-refractivity contribution in [1.82, 2.24) is 11.0 Å². The van der Waals surface area contributed by atoms with Gasteiger partial charge < -0.3 is 10.6 Å². The Hall–Kier alpha value is -1.50. The van der Waals surface area contributed by atoms with Crippen LogP contribution in [-0.4, -0.2) is 0 Å². The average molecular weight is 443 g/mol. The summed E-state index contributed by atoms with van der Waals surface area (Å²) in [6.07, 6.45) is 3.68. The van der Waals surface area contributed by atoms with Crippen LogP contribution in [0.2, 0.25) is 10.0 Å². The molecule has 0 aliphatic heterocycles. The molecule has 4 nitrogen and oxygen atoms in total. The maximum atomic E-state index is 6.23. The van der Waals surface area contributed by atoms with Gasteiger partial charge in [0.25, 0.3) is 0 Å². The number of halogens is 3. The molecule has 2 aromatic rings. The van der Waals surface area contributed by atoms with Gasteiger partial charge in [-0.25, -0.2) is 5.43 Å². The largest absolute Gasteiger partial charge is 0.400 e. The smallest absolute Gasteiger partial charge is 0.150 e. The molecule has 0 aliphatic carbocycles. The van der Waals surface area contributed by atoms with Gasteiger partial charge in [0.05, 0.1) is 6.04 Å². The van der Waals surface area contributed by atoms with Crippen LogP contribution in [-0.2, 0) is 0 Å². The molecule has 25 heavy (non-hydrogen) atoms. The highest BCUT2D eigenvalue weighted by Gasteiger charge is 2.14. The Morgan fingerprint density at radius 1 is 1.12 bits per heavy atom. The summed E-state index contributed by atoms with van der Waals surface area (Å²) in [7, 11) is 0. The lowest BCUT2D eigenvalue weighted by molar-refractivity contribution is 0.137. The fraction of sp³-hybridized carbons (Fsp3) is 0.111. The predicted molar refractivity (Wildman–Crippen MR) is 107 cm³/mol. The molecule has 132 valence electrons. The van der Waals surface area contributed by atoms with Crippen LogP contribution in [0.3, 0.4) is 0 Å². The quantitative estimate of drug-likeness (QED) is 0.404. The summed E-state index contributed by atoms with van der Waals surface area (Å²) in [5, 5.41) is 1.21. The van der Waals surface area contributed by atoms with E-state index < -0.39 is 0 Å². The standard InChI is InChI=1S/C18H18BrCl2N3O/c1-12(19)8-9-17(22)18(13-4-2-5-14(20)10-13)23-24-25-16-7-3-6-15(21)11-16/h2-11,18,23-24H,22H2,1H3/b12-8+,17-9-. The third-order valence-corrected chi connectivity index (χ3v) is 3.92. The summed E-state index contributed by atoms with van der Waals surface area (Å²) in [4.78, 5) is 5.46. The van der Waals surface area contributed by atoms with Crippen LogP contribution in [0.5, 0.6) is 5.75 Å². The summed E-state index contributed by atoms with van der Waals surface area (Å²) in [5.74, 6) is 0.573. The van der Waals surface area contributed by atoms with E-state index in [1.54, 1.807) is 30.3 Å². The van der Waals surface area contributed by atoms with E-state index in [0.29, 0.717) is 21.5 Å². The van der Waals surface area contributed by atoms with Crippen molar-refractivity contribution in [2.75, 3.05) is 0 Å². The molecule has 0 aromatic heterocycles. The number of hydrogen-bond acceptors (Lipinski definition) is 4. The molecule has 0 saturated carbocycles. The van der Waals surface area contributed by atoms with Crippen molar-refractivity contribution in [3.8, 4) is 5.75 Å². The molecule has 0 heterocycles. The lowest BCUT2D eigenvalue weighted by atomic mass is 10.0. The Bertz CT molecular complexity index is 776. The molecule has 0 fully saturated rings. The maximum Gasteiger partial charge on any atom is 0.150 e. The molecule has 0 radical (unpaired) electrons. The molecule has 0 aliphatic rings. The van der Waals surface area contributed by atoms with Gasteiger partial charge in [-0.15, -0.1) is 0 Å². The zero-order chi connectivity index (χ0) is 18.2. The van der Waals surface area contributed by atoms with Crippen LogP contribution in [0.1, 0.15) is 18.5 Å². The fourth-order valence-corrected chi connectivity index (χ4v) is 2.54. The van der Waals surface area contributed by atoms with Crippen LogP contribution in [0.25, 0.3) is 0 Å². The minimum Gasteiger partial charge on any atom is -0.400 e. The van der Waals surface area contributed by atoms with E-state index in [1.165, 1.54) is 0 Å². The second-order valence-electron chi connectivity index (χ2n) is 5.21. The van der Waals surface area contributed by atoms with Crippen LogP contribution in [0, 0.1) is 0 Å². The van der Waals surface area contributed by atoms with E-state index in [4.69, 9.17) is 33.8 Å². The van der Waals surface area contributed by atoms with Gasteiger partial charge in [0, 0.05) is 21.8 Å². The number of nitrogens with two attached hydrogens (primary N) is 1. The van der Waals surface area contributed by atoms with E-state index in [0.717, 1.165) is 10.0 Å². The highest BCUT2D eigenvalue weighted by Crippen LogP contribution is 2.22. The zero-order valence-corrected chi connectivity index (χ0v) is 16.6. The van der Waals surface area contributed by atoms with Crippen LogP contribution in [0.15, 0.2) is 70.9 Å². The minimum absolute atomic E-state index is 0.346. The Kier molecular flexibility index (Phi) is 7.81. The molecule has 0 spiro atoms. The predicted octanol–water partition coefficient (Wildman–Crippen LogP) is 5.26. The topological polar surface area (TPSA) is 59.3 Å². The number of hydrazine groups is 1. The molecular formula is C18H18BrCl2N3O. The Labute approximate surface area is 165 Å². The molecule has 7 heteroatoms. The SMILES string of the molecule is C/C(Br)=C\C=C(/N)C(NNOc1cccc(Cl)c1)c1cccc(Cl)c1. The molecule has 4 N–H and O–H groups in total. The maximum absolute atomic E-state index is 6.23. The van der Waals surface area contributed by atoms with E-state index in [1.807, 2.05) is 37.3 Å². The Morgan fingerprint density at radius 3 is 2.44 bits per heavy atom. The van der Waals surface area contributed by atoms with Crippen LogP contribution >= 0.6 is 39.1 Å². The average Bonchev–Trinajstić information content (AvgIpc) is 2.56. The van der Waals surface area contributed by atoms with Crippen molar-refractivity contribution < 1.29 is 4.84 Å². The van der Waals surface area contributed by atoms with Gasteiger partial charge in [-0.05, 0) is 47.3 Å². The first kappa shape index (κ1) is 19.8. The second kappa shape index (κ2) is 9.85. The highest BCUT2D eigenvalue weighted by molar-refractivity contribution is 9.11. The third kappa shape index (κ3) is 6.72. The molecule has 0 saturated heterocycles. The number of hydrogen-bond donors (Lipinski definition) is 3. The van der Waals surface area contributed by atoms with E-state index in [-0.39, 0.29) is 6.04 Å². The minimum atomic E-state index is -0.346. The summed E-state index contributed by atoms with van der Waals surface area (Å²) < 4.78 is 0.962. The molecule has 1 unspecified atom stereocenters. The molecular weight excluding hydrogens is 425 g/mol. The van der Waals surface area contributed by atoms with E-state index >= 15 is 0 Å². The lowest BCUT2D eigenvalue weighted by Gasteiger charge is -2.20. The zero-order valence-electron chi connectivity index (χ0n) is 13.5. The normalized spacial score (nSPS) is 13.6. The van der Waals surface area contributed by atoms with Gasteiger partial charge in [-0.1, -0.05) is 69.0 Å². The molecule has 2 aromatic carbocycles. The van der Waals surface area contributed by atoms with Crippen LogP contribution in [0.4, 0.5) is 0 Å². The summed E-state index contributed by atoms with van der Waals surface area (Å²) in [6, 6.07) is 14.1. The van der Waals surface area contributed by atoms with Crippen molar-refractivity contribution >= 4 is 39.1 Å². The van der Waals surface area contributed by atoms with E-state index in [9.17, 15) is 0 Å². The monoisotopic (exact) mass is 441 g/mol. The summed E-state index contributed by atoms with van der Waals surface area (Å²) >= 11 is 15.4. The Balaban J connectivity index is 2.14. The van der Waals surface area contributed by atoms with Gasteiger partial charge in [0.15, 0.2) is 0 Å². The van der Waals surface area contributed by atoms with Gasteiger partial charge >= 0.3 is 0 Å². The third-order valence-electron chi connectivity index (χ3n) is 3.19. The molecule has 0 bridgehead atoms. The number of nitrogens with one attached hydrogen (secondary N) is 2. The molecule has 1 atom stereocenters. The number of allylic oxidation sites excluding steroid dienone is 3. The first-order valence-corrected chi connectivity index (χ1v) is 8.98. The lowest BCUT2D eigenvalue weighted by Crippen LogP contribution is -2.40. The number of rotatable bonds is 7. The first-order valence-electron chi connectivity index (χ1n) is 7.43. The van der Waals surface area contributed by atoms with Crippen molar-refractivity contribution in [2.45, 2.75) is 13.0 Å². The second-order valence-corrected chi connectivity index (χ2v) is 7.34. The van der Waals surface area contributed by atoms with Gasteiger partial charge in [-0.2, -0.15) is 0 Å². The van der Waals surface area contributed by atoms with Crippen LogP contribution < -0.4 is 21.6 Å². The van der Waals surface area contributed by atoms with Crippen molar-refractivity contribution in [3.05, 3.63) is 86.5 Å². The number of benzene rings is 2. The van der Waals surface area contributed by atoms with Gasteiger partial charge in [-0.3, -0.25) is 0 Å².